The average molecular weight is 450 g/mol. The number of hydrogen-bond acceptors (Lipinski definition) is 6. The van der Waals surface area contributed by atoms with E-state index in [1.54, 1.807) is 4.90 Å². The van der Waals surface area contributed by atoms with Gasteiger partial charge in [-0.05, 0) is 24.8 Å². The van der Waals surface area contributed by atoms with E-state index < -0.39 is 9.84 Å². The number of thioether (sulfide) groups is 1. The average Bonchev–Trinajstić information content (AvgIpc) is 3.45. The lowest BCUT2D eigenvalue weighted by Crippen LogP contribution is -2.46. The molecule has 0 radical (unpaired) electrons. The van der Waals surface area contributed by atoms with Crippen molar-refractivity contribution in [2.45, 2.75) is 36.6 Å². The molecule has 2 aliphatic heterocycles. The molecule has 9 heteroatoms. The van der Waals surface area contributed by atoms with Gasteiger partial charge in [-0.2, -0.15) is 0 Å². The first-order chi connectivity index (χ1) is 14.4. The fourth-order valence-electron chi connectivity index (χ4n) is 4.10. The fraction of sp³-hybridized carbons (Fsp3) is 0.524. The molecule has 0 bridgehead atoms. The van der Waals surface area contributed by atoms with Crippen LogP contribution in [0.4, 0.5) is 0 Å². The molecular weight excluding hydrogens is 422 g/mol. The zero-order chi connectivity index (χ0) is 21.1. The Kier molecular flexibility index (Phi) is 6.50. The molecule has 2 atom stereocenters. The normalized spacial score (nSPS) is 23.0. The molecule has 2 aromatic rings. The second-order valence-electron chi connectivity index (χ2n) is 7.88. The van der Waals surface area contributed by atoms with Gasteiger partial charge in [-0.3, -0.25) is 4.79 Å². The molecule has 2 saturated heterocycles. The molecule has 2 fully saturated rings. The third kappa shape index (κ3) is 4.90. The molecule has 0 spiro atoms. The highest BCUT2D eigenvalue weighted by Gasteiger charge is 2.36. The monoisotopic (exact) mass is 449 g/mol. The maximum atomic E-state index is 13.1. The SMILES string of the molecule is Cn1c(-c2ccccc2)cnc1SCC(=O)N(C[C@H]1CCCO1)[C@H]1CCS(=O)(=O)C1. The molecule has 4 rings (SSSR count). The molecule has 7 nitrogen and oxygen atoms in total. The minimum Gasteiger partial charge on any atom is -0.376 e. The highest BCUT2D eigenvalue weighted by Crippen LogP contribution is 2.26. The fourth-order valence-corrected chi connectivity index (χ4v) is 6.66. The highest BCUT2D eigenvalue weighted by molar-refractivity contribution is 7.99. The predicted molar refractivity (Wildman–Crippen MR) is 117 cm³/mol. The van der Waals surface area contributed by atoms with Crippen LogP contribution in [0.25, 0.3) is 11.3 Å². The van der Waals surface area contributed by atoms with Crippen molar-refractivity contribution >= 4 is 27.5 Å². The van der Waals surface area contributed by atoms with Gasteiger partial charge < -0.3 is 14.2 Å². The molecule has 162 valence electrons. The summed E-state index contributed by atoms with van der Waals surface area (Å²) in [6.07, 6.45) is 4.22. The molecule has 0 N–H and O–H groups in total. The van der Waals surface area contributed by atoms with Crippen molar-refractivity contribution in [3.8, 4) is 11.3 Å². The predicted octanol–water partition coefficient (Wildman–Crippen LogP) is 2.37. The summed E-state index contributed by atoms with van der Waals surface area (Å²) in [5.74, 6) is 0.376. The van der Waals surface area contributed by atoms with E-state index in [2.05, 4.69) is 4.98 Å². The smallest absolute Gasteiger partial charge is 0.233 e. The number of sulfone groups is 1. The van der Waals surface area contributed by atoms with Crippen LogP contribution in [0.1, 0.15) is 19.3 Å². The number of hydrogen-bond donors (Lipinski definition) is 0. The second-order valence-corrected chi connectivity index (χ2v) is 11.0. The van der Waals surface area contributed by atoms with E-state index in [1.165, 1.54) is 11.8 Å². The number of ether oxygens (including phenoxy) is 1. The molecule has 1 aromatic carbocycles. The van der Waals surface area contributed by atoms with Crippen LogP contribution in [0.2, 0.25) is 0 Å². The van der Waals surface area contributed by atoms with Crippen LogP contribution in [0.5, 0.6) is 0 Å². The number of rotatable bonds is 7. The van der Waals surface area contributed by atoms with Gasteiger partial charge in [0.2, 0.25) is 5.91 Å². The molecular formula is C21H27N3O4S2. The van der Waals surface area contributed by atoms with E-state index in [9.17, 15) is 13.2 Å². The van der Waals surface area contributed by atoms with Crippen molar-refractivity contribution < 1.29 is 17.9 Å². The first-order valence-corrected chi connectivity index (χ1v) is 13.0. The Morgan fingerprint density at radius 3 is 2.77 bits per heavy atom. The lowest BCUT2D eigenvalue weighted by molar-refractivity contribution is -0.131. The van der Waals surface area contributed by atoms with E-state index in [0.717, 1.165) is 29.3 Å². The Bertz CT molecular complexity index is 985. The molecule has 2 aliphatic rings. The summed E-state index contributed by atoms with van der Waals surface area (Å²) in [6, 6.07) is 9.74. The number of nitrogens with zero attached hydrogens (tertiary/aromatic N) is 3. The van der Waals surface area contributed by atoms with Gasteiger partial charge in [-0.15, -0.1) is 0 Å². The first-order valence-electron chi connectivity index (χ1n) is 10.2. The second kappa shape index (κ2) is 9.11. The van der Waals surface area contributed by atoms with Crippen LogP contribution in [0, 0.1) is 0 Å². The zero-order valence-corrected chi connectivity index (χ0v) is 18.7. The van der Waals surface area contributed by atoms with Crippen LogP contribution in [-0.4, -0.2) is 71.3 Å². The zero-order valence-electron chi connectivity index (χ0n) is 17.1. The van der Waals surface area contributed by atoms with Crippen molar-refractivity contribution in [2.24, 2.45) is 7.05 Å². The molecule has 0 aliphatic carbocycles. The van der Waals surface area contributed by atoms with Gasteiger partial charge in [0.05, 0.1) is 35.3 Å². The maximum absolute atomic E-state index is 13.1. The Hall–Kier alpha value is -1.84. The van der Waals surface area contributed by atoms with Crippen molar-refractivity contribution in [3.05, 3.63) is 36.5 Å². The van der Waals surface area contributed by atoms with Crippen LogP contribution in [0.3, 0.4) is 0 Å². The van der Waals surface area contributed by atoms with E-state index >= 15 is 0 Å². The Balaban J connectivity index is 1.44. The number of amides is 1. The van der Waals surface area contributed by atoms with Gasteiger partial charge in [0.1, 0.15) is 0 Å². The number of carbonyl (C=O) groups is 1. The third-order valence-electron chi connectivity index (χ3n) is 5.73. The van der Waals surface area contributed by atoms with Gasteiger partial charge in [0.25, 0.3) is 0 Å². The van der Waals surface area contributed by atoms with Crippen molar-refractivity contribution in [1.82, 2.24) is 14.5 Å². The van der Waals surface area contributed by atoms with Gasteiger partial charge in [0.15, 0.2) is 15.0 Å². The summed E-state index contributed by atoms with van der Waals surface area (Å²) in [6.45, 7) is 1.18. The van der Waals surface area contributed by atoms with Gasteiger partial charge in [-0.25, -0.2) is 13.4 Å². The summed E-state index contributed by atoms with van der Waals surface area (Å²) < 4.78 is 31.7. The van der Waals surface area contributed by atoms with E-state index in [0.29, 0.717) is 19.6 Å². The first kappa shape index (κ1) is 21.4. The van der Waals surface area contributed by atoms with E-state index in [-0.39, 0.29) is 35.3 Å². The minimum atomic E-state index is -3.07. The van der Waals surface area contributed by atoms with Crippen molar-refractivity contribution in [1.29, 1.82) is 0 Å². The van der Waals surface area contributed by atoms with Gasteiger partial charge in [0, 0.05) is 26.2 Å². The third-order valence-corrected chi connectivity index (χ3v) is 8.51. The molecule has 0 saturated carbocycles. The number of benzene rings is 1. The quantitative estimate of drug-likeness (QED) is 0.604. The van der Waals surface area contributed by atoms with Crippen molar-refractivity contribution in [3.63, 3.8) is 0 Å². The van der Waals surface area contributed by atoms with E-state index in [4.69, 9.17) is 4.74 Å². The Labute approximate surface area is 181 Å². The summed E-state index contributed by atoms with van der Waals surface area (Å²) in [5.41, 5.74) is 2.06. The maximum Gasteiger partial charge on any atom is 0.233 e. The molecule has 30 heavy (non-hydrogen) atoms. The van der Waals surface area contributed by atoms with E-state index in [1.807, 2.05) is 48.1 Å². The molecule has 1 amide bonds. The van der Waals surface area contributed by atoms with Gasteiger partial charge >= 0.3 is 0 Å². The number of imidazole rings is 1. The van der Waals surface area contributed by atoms with Crippen LogP contribution >= 0.6 is 11.8 Å². The minimum absolute atomic E-state index is 0.0000914. The highest BCUT2D eigenvalue weighted by atomic mass is 32.2. The van der Waals surface area contributed by atoms with Gasteiger partial charge in [-0.1, -0.05) is 42.1 Å². The molecule has 0 unspecified atom stereocenters. The topological polar surface area (TPSA) is 81.5 Å². The molecule has 3 heterocycles. The lowest BCUT2D eigenvalue weighted by atomic mass is 10.1. The Morgan fingerprint density at radius 2 is 2.10 bits per heavy atom. The van der Waals surface area contributed by atoms with Crippen LogP contribution in [0.15, 0.2) is 41.7 Å². The largest absolute Gasteiger partial charge is 0.376 e. The van der Waals surface area contributed by atoms with Crippen LogP contribution in [-0.2, 0) is 26.4 Å². The van der Waals surface area contributed by atoms with Crippen LogP contribution < -0.4 is 0 Å². The summed E-state index contributed by atoms with van der Waals surface area (Å²) in [7, 11) is -1.13. The standard InChI is InChI=1S/C21H27N3O4S2/c1-23-19(16-6-3-2-4-7-16)12-22-21(23)29-14-20(25)24(13-18-8-5-10-28-18)17-9-11-30(26,27)15-17/h2-4,6-7,12,17-18H,5,8-11,13-15H2,1H3/t17-,18+/m0/s1. The summed E-state index contributed by atoms with van der Waals surface area (Å²) >= 11 is 1.39. The molecule has 1 aromatic heterocycles. The lowest BCUT2D eigenvalue weighted by Gasteiger charge is -2.30. The Morgan fingerprint density at radius 1 is 1.30 bits per heavy atom. The number of aromatic nitrogens is 2. The summed E-state index contributed by atoms with van der Waals surface area (Å²) in [5, 5.41) is 0.762. The summed E-state index contributed by atoms with van der Waals surface area (Å²) in [4.78, 5) is 19.3. The van der Waals surface area contributed by atoms with Crippen molar-refractivity contribution in [2.75, 3.05) is 30.4 Å². The number of carbonyl (C=O) groups excluding carboxylic acids is 1.